The summed E-state index contributed by atoms with van der Waals surface area (Å²) in [4.78, 5) is 10.1. The van der Waals surface area contributed by atoms with Crippen molar-refractivity contribution in [1.82, 2.24) is 0 Å². The van der Waals surface area contributed by atoms with Gasteiger partial charge in [-0.2, -0.15) is 11.3 Å². The monoisotopic (exact) mass is 179 g/mol. The Morgan fingerprint density at radius 3 is 2.27 bits per heavy atom. The van der Waals surface area contributed by atoms with Crippen molar-refractivity contribution in [3.05, 3.63) is 17.0 Å². The molecule has 0 spiro atoms. The largest absolute Gasteiger partial charge is 0.519 e. The Morgan fingerprint density at radius 2 is 2.00 bits per heavy atom. The fourth-order valence-corrected chi connectivity index (χ4v) is 1.33. The SMILES string of the molecule is O=Cc1ccc([B-](F)(F)F)s1. The second-order valence-corrected chi connectivity index (χ2v) is 3.08. The number of carbonyl (C=O) groups excluding carboxylic acids is 1. The molecule has 0 amide bonds. The van der Waals surface area contributed by atoms with Gasteiger partial charge in [-0.15, -0.1) is 0 Å². The van der Waals surface area contributed by atoms with Crippen molar-refractivity contribution in [3.8, 4) is 0 Å². The Kier molecular flexibility index (Phi) is 2.04. The van der Waals surface area contributed by atoms with Gasteiger partial charge in [0, 0.05) is 0 Å². The summed E-state index contributed by atoms with van der Waals surface area (Å²) in [6, 6.07) is 2.09. The number of carbonyl (C=O) groups is 1. The first-order valence-corrected chi connectivity index (χ1v) is 3.60. The minimum absolute atomic E-state index is 0.110. The number of halogens is 3. The number of hydrogen-bond acceptors (Lipinski definition) is 2. The summed E-state index contributed by atoms with van der Waals surface area (Å²) >= 11 is 0.475. The van der Waals surface area contributed by atoms with Crippen molar-refractivity contribution >= 4 is 29.4 Å². The van der Waals surface area contributed by atoms with Crippen LogP contribution in [0.4, 0.5) is 12.9 Å². The maximum atomic E-state index is 11.9. The van der Waals surface area contributed by atoms with Crippen LogP contribution in [0, 0.1) is 0 Å². The van der Waals surface area contributed by atoms with Crippen LogP contribution in [0.1, 0.15) is 9.67 Å². The third-order valence-corrected chi connectivity index (χ3v) is 2.19. The minimum atomic E-state index is -4.93. The average molecular weight is 179 g/mol. The van der Waals surface area contributed by atoms with Crippen LogP contribution in [0.3, 0.4) is 0 Å². The topological polar surface area (TPSA) is 17.1 Å². The normalized spacial score (nSPS) is 11.5. The van der Waals surface area contributed by atoms with Gasteiger partial charge in [0.2, 0.25) is 0 Å². The molecule has 0 aliphatic heterocycles. The second-order valence-electron chi connectivity index (χ2n) is 1.93. The molecule has 0 saturated carbocycles. The van der Waals surface area contributed by atoms with Crippen LogP contribution in [0.25, 0.3) is 0 Å². The minimum Gasteiger partial charge on any atom is -0.444 e. The fraction of sp³-hybridized carbons (Fsp3) is 0. The average Bonchev–Trinajstić information content (AvgIpc) is 2.32. The number of thiophene rings is 1. The van der Waals surface area contributed by atoms with Gasteiger partial charge in [0.05, 0.1) is 4.88 Å². The van der Waals surface area contributed by atoms with Gasteiger partial charge in [-0.3, -0.25) is 4.79 Å². The van der Waals surface area contributed by atoms with Crippen LogP contribution in [0.5, 0.6) is 0 Å². The summed E-state index contributed by atoms with van der Waals surface area (Å²) < 4.78 is 35.0. The zero-order valence-electron chi connectivity index (χ0n) is 5.26. The Bertz CT molecular complexity index is 267. The van der Waals surface area contributed by atoms with Gasteiger partial charge in [0.15, 0.2) is 6.29 Å². The highest BCUT2D eigenvalue weighted by molar-refractivity contribution is 7.25. The van der Waals surface area contributed by atoms with Gasteiger partial charge in [-0.25, -0.2) is 0 Å². The molecule has 0 fully saturated rings. The van der Waals surface area contributed by atoms with Crippen LogP contribution < -0.4 is 4.78 Å². The summed E-state index contributed by atoms with van der Waals surface area (Å²) in [5.74, 6) is 0. The molecule has 0 N–H and O–H groups in total. The Balaban J connectivity index is 2.98. The molecule has 0 aliphatic rings. The molecular formula is C5H3BF3OS-. The molecule has 1 rings (SSSR count). The van der Waals surface area contributed by atoms with Crippen LogP contribution in [-0.2, 0) is 0 Å². The molecule has 6 heteroatoms. The van der Waals surface area contributed by atoms with Crippen molar-refractivity contribution < 1.29 is 17.7 Å². The lowest BCUT2D eigenvalue weighted by atomic mass is 9.90. The first-order chi connectivity index (χ1) is 5.04. The zero-order chi connectivity index (χ0) is 8.48. The summed E-state index contributed by atoms with van der Waals surface area (Å²) in [5, 5.41) is 0. The molecule has 1 heterocycles. The molecule has 0 bridgehead atoms. The van der Waals surface area contributed by atoms with E-state index in [4.69, 9.17) is 0 Å². The second kappa shape index (κ2) is 2.69. The Hall–Kier alpha value is -0.775. The molecule has 0 aromatic carbocycles. The summed E-state index contributed by atoms with van der Waals surface area (Å²) in [6.45, 7) is -4.93. The van der Waals surface area contributed by atoms with Crippen LogP contribution in [0.2, 0.25) is 0 Å². The molecule has 0 radical (unpaired) electrons. The van der Waals surface area contributed by atoms with E-state index >= 15 is 0 Å². The van der Waals surface area contributed by atoms with Gasteiger partial charge in [0.25, 0.3) is 0 Å². The van der Waals surface area contributed by atoms with Gasteiger partial charge >= 0.3 is 6.98 Å². The van der Waals surface area contributed by atoms with Crippen molar-refractivity contribution in [3.63, 3.8) is 0 Å². The molecule has 0 atom stereocenters. The standard InChI is InChI=1S/C5H3BF3OS/c7-6(8,9)5-2-1-4(3-10)11-5/h1-3H/q-1. The number of aldehydes is 1. The summed E-state index contributed by atoms with van der Waals surface area (Å²) in [6.07, 6.45) is 0.413. The van der Waals surface area contributed by atoms with E-state index in [1.165, 1.54) is 6.07 Å². The first kappa shape index (κ1) is 8.32. The molecule has 60 valence electrons. The molecule has 11 heavy (non-hydrogen) atoms. The van der Waals surface area contributed by atoms with Crippen molar-refractivity contribution in [2.75, 3.05) is 0 Å². The lowest BCUT2D eigenvalue weighted by Gasteiger charge is -2.09. The van der Waals surface area contributed by atoms with E-state index in [9.17, 15) is 17.7 Å². The van der Waals surface area contributed by atoms with Crippen molar-refractivity contribution in [1.29, 1.82) is 0 Å². The van der Waals surface area contributed by atoms with E-state index in [1.807, 2.05) is 0 Å². The third-order valence-electron chi connectivity index (χ3n) is 1.09. The van der Waals surface area contributed by atoms with E-state index in [-0.39, 0.29) is 4.88 Å². The van der Waals surface area contributed by atoms with Crippen LogP contribution in [-0.4, -0.2) is 13.3 Å². The van der Waals surface area contributed by atoms with Crippen LogP contribution >= 0.6 is 11.3 Å². The highest BCUT2D eigenvalue weighted by Crippen LogP contribution is 2.14. The highest BCUT2D eigenvalue weighted by atomic mass is 32.1. The predicted octanol–water partition coefficient (Wildman–Crippen LogP) is 1.61. The quantitative estimate of drug-likeness (QED) is 0.497. The lowest BCUT2D eigenvalue weighted by molar-refractivity contribution is 0.112. The van der Waals surface area contributed by atoms with Crippen molar-refractivity contribution in [2.24, 2.45) is 0 Å². The number of rotatable bonds is 2. The molecule has 0 aliphatic carbocycles. The molecule has 1 nitrogen and oxygen atoms in total. The zero-order valence-corrected chi connectivity index (χ0v) is 6.08. The highest BCUT2D eigenvalue weighted by Gasteiger charge is 2.27. The molecular weight excluding hydrogens is 176 g/mol. The molecule has 1 aromatic heterocycles. The molecule has 1 aromatic rings. The maximum Gasteiger partial charge on any atom is 0.519 e. The summed E-state index contributed by atoms with van der Waals surface area (Å²) in [5.41, 5.74) is 0. The van der Waals surface area contributed by atoms with Gasteiger partial charge in [-0.1, -0.05) is 10.8 Å². The fourth-order valence-electron chi connectivity index (χ4n) is 0.608. The number of hydrogen-bond donors (Lipinski definition) is 0. The summed E-state index contributed by atoms with van der Waals surface area (Å²) in [7, 11) is 0. The predicted molar refractivity (Wildman–Crippen MR) is 38.4 cm³/mol. The lowest BCUT2D eigenvalue weighted by Crippen LogP contribution is -2.30. The third kappa shape index (κ3) is 1.83. The Morgan fingerprint density at radius 1 is 1.36 bits per heavy atom. The van der Waals surface area contributed by atoms with E-state index < -0.39 is 11.8 Å². The smallest absolute Gasteiger partial charge is 0.444 e. The van der Waals surface area contributed by atoms with Crippen LogP contribution in [0.15, 0.2) is 12.1 Å². The van der Waals surface area contributed by atoms with E-state index in [1.54, 1.807) is 0 Å². The molecule has 0 unspecified atom stereocenters. The van der Waals surface area contributed by atoms with E-state index in [0.29, 0.717) is 17.6 Å². The van der Waals surface area contributed by atoms with Gasteiger partial charge in [-0.05, 0) is 6.07 Å². The van der Waals surface area contributed by atoms with E-state index in [0.717, 1.165) is 6.07 Å². The van der Waals surface area contributed by atoms with Gasteiger partial charge < -0.3 is 12.9 Å². The maximum absolute atomic E-state index is 11.9. The Labute approximate surface area is 64.9 Å². The van der Waals surface area contributed by atoms with Crippen molar-refractivity contribution in [2.45, 2.75) is 0 Å². The first-order valence-electron chi connectivity index (χ1n) is 2.79. The molecule has 0 saturated heterocycles. The van der Waals surface area contributed by atoms with Gasteiger partial charge in [0.1, 0.15) is 0 Å². The van der Waals surface area contributed by atoms with E-state index in [2.05, 4.69) is 0 Å².